The van der Waals surface area contributed by atoms with Crippen LogP contribution in [0.25, 0.3) is 0 Å². The topological polar surface area (TPSA) is 118 Å². The molecule has 0 atom stereocenters. The van der Waals surface area contributed by atoms with Crippen molar-refractivity contribution >= 4 is 17.8 Å². The van der Waals surface area contributed by atoms with Gasteiger partial charge < -0.3 is 9.84 Å². The predicted molar refractivity (Wildman–Crippen MR) is 58.3 cm³/mol. The highest BCUT2D eigenvalue weighted by molar-refractivity contribution is 5.95. The molecule has 1 aromatic rings. The molecule has 0 saturated carbocycles. The van der Waals surface area contributed by atoms with Gasteiger partial charge in [0.25, 0.3) is 11.8 Å². The van der Waals surface area contributed by atoms with Crippen molar-refractivity contribution in [3.05, 3.63) is 30.1 Å². The fourth-order valence-electron chi connectivity index (χ4n) is 0.969. The number of rotatable bonds is 5. The molecule has 0 bridgehead atoms. The van der Waals surface area contributed by atoms with E-state index >= 15 is 0 Å². The van der Waals surface area contributed by atoms with E-state index in [1.165, 1.54) is 24.5 Å². The van der Waals surface area contributed by atoms with Gasteiger partial charge in [-0.3, -0.25) is 25.4 Å². The number of carbonyl (C=O) groups is 3. The zero-order valence-electron chi connectivity index (χ0n) is 9.25. The molecule has 1 heterocycles. The molecule has 0 spiro atoms. The van der Waals surface area contributed by atoms with Crippen LogP contribution in [0.4, 0.5) is 0 Å². The molecule has 0 saturated heterocycles. The summed E-state index contributed by atoms with van der Waals surface area (Å²) in [6.45, 7) is -1.03. The Morgan fingerprint density at radius 2 is 1.83 bits per heavy atom. The van der Waals surface area contributed by atoms with E-state index < -0.39 is 31.0 Å². The highest BCUT2D eigenvalue weighted by Crippen LogP contribution is 1.94. The zero-order chi connectivity index (χ0) is 13.4. The molecule has 0 aliphatic heterocycles. The monoisotopic (exact) mass is 253 g/mol. The minimum Gasteiger partial charge on any atom is -0.480 e. The summed E-state index contributed by atoms with van der Waals surface area (Å²) in [7, 11) is 0. The summed E-state index contributed by atoms with van der Waals surface area (Å²) in [5, 5.41) is 8.26. The Morgan fingerprint density at radius 1 is 1.17 bits per heavy atom. The molecule has 0 fully saturated rings. The molecule has 0 aliphatic carbocycles. The first-order valence-corrected chi connectivity index (χ1v) is 4.88. The van der Waals surface area contributed by atoms with E-state index in [2.05, 4.69) is 20.6 Å². The lowest BCUT2D eigenvalue weighted by atomic mass is 10.3. The van der Waals surface area contributed by atoms with E-state index in [-0.39, 0.29) is 0 Å². The smallest absolute Gasteiger partial charge is 0.329 e. The minimum atomic E-state index is -1.18. The third-order valence-corrected chi connectivity index (χ3v) is 1.72. The van der Waals surface area contributed by atoms with Gasteiger partial charge >= 0.3 is 5.97 Å². The zero-order valence-corrected chi connectivity index (χ0v) is 9.25. The number of carbonyl (C=O) groups excluding carboxylic acids is 2. The van der Waals surface area contributed by atoms with Crippen LogP contribution in [-0.2, 0) is 14.3 Å². The van der Waals surface area contributed by atoms with Crippen molar-refractivity contribution in [2.24, 2.45) is 0 Å². The first kappa shape index (κ1) is 13.6. The van der Waals surface area contributed by atoms with Crippen molar-refractivity contribution in [1.82, 2.24) is 15.8 Å². The number of aromatic nitrogens is 1. The van der Waals surface area contributed by atoms with E-state index in [0.717, 1.165) is 0 Å². The Kier molecular flexibility index (Phi) is 5.26. The Balaban J connectivity index is 2.26. The number of nitrogens with zero attached hydrogens (tertiary/aromatic N) is 1. The van der Waals surface area contributed by atoms with Crippen LogP contribution in [0, 0.1) is 0 Å². The Bertz CT molecular complexity index is 434. The Morgan fingerprint density at radius 3 is 2.44 bits per heavy atom. The average Bonchev–Trinajstić information content (AvgIpc) is 2.36. The molecule has 0 unspecified atom stereocenters. The summed E-state index contributed by atoms with van der Waals surface area (Å²) in [6, 6.07) is 2.95. The van der Waals surface area contributed by atoms with Gasteiger partial charge in [-0.1, -0.05) is 0 Å². The Hall–Kier alpha value is -2.48. The highest BCUT2D eigenvalue weighted by Gasteiger charge is 2.07. The van der Waals surface area contributed by atoms with E-state index in [0.29, 0.717) is 5.56 Å². The quantitative estimate of drug-likeness (QED) is 0.576. The largest absolute Gasteiger partial charge is 0.480 e. The number of pyridine rings is 1. The van der Waals surface area contributed by atoms with Gasteiger partial charge in [0, 0.05) is 18.0 Å². The van der Waals surface area contributed by atoms with Gasteiger partial charge in [-0.15, -0.1) is 0 Å². The fraction of sp³-hybridized carbons (Fsp3) is 0.200. The molecular formula is C10H11N3O5. The molecule has 0 radical (unpaired) electrons. The molecule has 1 rings (SSSR count). The van der Waals surface area contributed by atoms with Crippen molar-refractivity contribution in [2.45, 2.75) is 0 Å². The molecule has 96 valence electrons. The van der Waals surface area contributed by atoms with Crippen LogP contribution in [0.3, 0.4) is 0 Å². The van der Waals surface area contributed by atoms with Crippen LogP contribution in [0.1, 0.15) is 10.4 Å². The van der Waals surface area contributed by atoms with Gasteiger partial charge in [0.2, 0.25) is 0 Å². The molecule has 0 aliphatic rings. The summed E-state index contributed by atoms with van der Waals surface area (Å²) in [5.41, 5.74) is 4.55. The summed E-state index contributed by atoms with van der Waals surface area (Å²) in [4.78, 5) is 36.4. The molecule has 1 aromatic heterocycles. The molecule has 8 nitrogen and oxygen atoms in total. The summed E-state index contributed by atoms with van der Waals surface area (Å²) >= 11 is 0. The number of hydrogen-bond acceptors (Lipinski definition) is 5. The van der Waals surface area contributed by atoms with E-state index in [9.17, 15) is 14.4 Å². The molecule has 18 heavy (non-hydrogen) atoms. The van der Waals surface area contributed by atoms with Gasteiger partial charge in [0.05, 0.1) is 0 Å². The predicted octanol–water partition coefficient (Wildman–Crippen LogP) is -1.06. The number of carboxylic acids is 1. The van der Waals surface area contributed by atoms with Crippen molar-refractivity contribution in [1.29, 1.82) is 0 Å². The maximum Gasteiger partial charge on any atom is 0.329 e. The van der Waals surface area contributed by atoms with Gasteiger partial charge in [0.15, 0.2) is 0 Å². The second kappa shape index (κ2) is 6.97. The lowest BCUT2D eigenvalue weighted by Gasteiger charge is -2.06. The SMILES string of the molecule is O=C(O)COCC(=O)NNC(=O)c1ccncc1. The summed E-state index contributed by atoms with van der Waals surface area (Å²) in [6.07, 6.45) is 2.87. The van der Waals surface area contributed by atoms with E-state index in [1.54, 1.807) is 0 Å². The van der Waals surface area contributed by atoms with Crippen LogP contribution in [0.2, 0.25) is 0 Å². The van der Waals surface area contributed by atoms with Gasteiger partial charge in [-0.2, -0.15) is 0 Å². The fourth-order valence-corrected chi connectivity index (χ4v) is 0.969. The van der Waals surface area contributed by atoms with E-state index in [1.807, 2.05) is 0 Å². The van der Waals surface area contributed by atoms with Gasteiger partial charge in [-0.25, -0.2) is 4.79 Å². The van der Waals surface area contributed by atoms with Crippen LogP contribution in [-0.4, -0.2) is 41.1 Å². The number of ether oxygens (including phenoxy) is 1. The normalized spacial score (nSPS) is 9.56. The van der Waals surface area contributed by atoms with Crippen molar-refractivity contribution < 1.29 is 24.2 Å². The van der Waals surface area contributed by atoms with Crippen LogP contribution < -0.4 is 10.9 Å². The molecule has 8 heteroatoms. The second-order valence-corrected chi connectivity index (χ2v) is 3.12. The standard InChI is InChI=1S/C10H11N3O5/c14-8(5-18-6-9(15)16)12-13-10(17)7-1-3-11-4-2-7/h1-4H,5-6H2,(H,12,14)(H,13,17)(H,15,16). The van der Waals surface area contributed by atoms with Crippen molar-refractivity contribution in [3.8, 4) is 0 Å². The summed E-state index contributed by atoms with van der Waals surface area (Å²) < 4.78 is 4.52. The highest BCUT2D eigenvalue weighted by atomic mass is 16.5. The molecule has 0 aromatic carbocycles. The first-order chi connectivity index (χ1) is 8.59. The third kappa shape index (κ3) is 5.03. The number of hydrogen-bond donors (Lipinski definition) is 3. The van der Waals surface area contributed by atoms with Crippen molar-refractivity contribution in [3.63, 3.8) is 0 Å². The van der Waals surface area contributed by atoms with Crippen LogP contribution in [0.15, 0.2) is 24.5 Å². The number of nitrogens with one attached hydrogen (secondary N) is 2. The van der Waals surface area contributed by atoms with Gasteiger partial charge in [-0.05, 0) is 12.1 Å². The van der Waals surface area contributed by atoms with Crippen molar-refractivity contribution in [2.75, 3.05) is 13.2 Å². The number of carboxylic acid groups (broad SMARTS) is 1. The number of hydrazine groups is 1. The molecular weight excluding hydrogens is 242 g/mol. The number of amides is 2. The van der Waals surface area contributed by atoms with Crippen LogP contribution in [0.5, 0.6) is 0 Å². The average molecular weight is 253 g/mol. The molecule has 2 amide bonds. The lowest BCUT2D eigenvalue weighted by molar-refractivity contribution is -0.143. The third-order valence-electron chi connectivity index (χ3n) is 1.72. The van der Waals surface area contributed by atoms with E-state index in [4.69, 9.17) is 5.11 Å². The minimum absolute atomic E-state index is 0.330. The number of aliphatic carboxylic acids is 1. The lowest BCUT2D eigenvalue weighted by Crippen LogP contribution is -2.43. The Labute approximate surface area is 102 Å². The maximum atomic E-state index is 11.4. The van der Waals surface area contributed by atoms with Crippen LogP contribution >= 0.6 is 0 Å². The summed E-state index contributed by atoms with van der Waals surface area (Å²) in [5.74, 6) is -2.34. The molecule has 3 N–H and O–H groups in total. The maximum absolute atomic E-state index is 11.4. The first-order valence-electron chi connectivity index (χ1n) is 4.88. The van der Waals surface area contributed by atoms with Gasteiger partial charge in [0.1, 0.15) is 13.2 Å². The second-order valence-electron chi connectivity index (χ2n) is 3.12.